The molecule has 0 saturated heterocycles. The van der Waals surface area contributed by atoms with Gasteiger partial charge >= 0.3 is 0 Å². The maximum Gasteiger partial charge on any atom is 0.0631 e. The molecule has 0 spiro atoms. The molecular formula is C11H15N. The molecule has 1 aromatic carbocycles. The van der Waals surface area contributed by atoms with Crippen molar-refractivity contribution in [2.24, 2.45) is 4.99 Å². The van der Waals surface area contributed by atoms with Gasteiger partial charge in [0.2, 0.25) is 0 Å². The third kappa shape index (κ3) is 1.73. The fourth-order valence-corrected chi connectivity index (χ4v) is 1.24. The molecule has 0 unspecified atom stereocenters. The van der Waals surface area contributed by atoms with Crippen molar-refractivity contribution in [3.63, 3.8) is 0 Å². The van der Waals surface area contributed by atoms with E-state index in [4.69, 9.17) is 0 Å². The van der Waals surface area contributed by atoms with Crippen LogP contribution in [0, 0.1) is 20.8 Å². The van der Waals surface area contributed by atoms with E-state index in [0.717, 1.165) is 5.69 Å². The van der Waals surface area contributed by atoms with Gasteiger partial charge in [0.1, 0.15) is 0 Å². The van der Waals surface area contributed by atoms with Crippen LogP contribution in [0.5, 0.6) is 0 Å². The maximum atomic E-state index is 4.24. The van der Waals surface area contributed by atoms with E-state index in [0.29, 0.717) is 0 Å². The molecule has 1 aromatic rings. The van der Waals surface area contributed by atoms with Crippen LogP contribution in [0.1, 0.15) is 23.6 Å². The molecule has 0 aliphatic heterocycles. The number of rotatable bonds is 1. The van der Waals surface area contributed by atoms with Gasteiger partial charge in [-0.1, -0.05) is 0 Å². The van der Waals surface area contributed by atoms with Crippen molar-refractivity contribution in [2.75, 3.05) is 0 Å². The van der Waals surface area contributed by atoms with Gasteiger partial charge in [-0.25, -0.2) is 0 Å². The van der Waals surface area contributed by atoms with E-state index >= 15 is 0 Å². The molecule has 0 fully saturated rings. The van der Waals surface area contributed by atoms with E-state index in [2.05, 4.69) is 37.9 Å². The quantitative estimate of drug-likeness (QED) is 0.560. The zero-order chi connectivity index (χ0) is 9.14. The Hall–Kier alpha value is -1.11. The smallest absolute Gasteiger partial charge is 0.0631 e. The lowest BCUT2D eigenvalue weighted by Crippen LogP contribution is -1.84. The Morgan fingerprint density at radius 2 is 1.58 bits per heavy atom. The van der Waals surface area contributed by atoms with Gasteiger partial charge in [0.15, 0.2) is 0 Å². The number of hydrogen-bond donors (Lipinski definition) is 0. The van der Waals surface area contributed by atoms with Crippen LogP contribution in [-0.2, 0) is 0 Å². The number of nitrogens with zero attached hydrogens (tertiary/aromatic N) is 1. The molecule has 0 radical (unpaired) electrons. The van der Waals surface area contributed by atoms with Crippen LogP contribution < -0.4 is 0 Å². The van der Waals surface area contributed by atoms with Gasteiger partial charge in [-0.05, 0) is 56.5 Å². The summed E-state index contributed by atoms with van der Waals surface area (Å²) in [5.74, 6) is 0. The van der Waals surface area contributed by atoms with E-state index in [-0.39, 0.29) is 0 Å². The molecule has 0 atom stereocenters. The molecule has 1 nitrogen and oxygen atoms in total. The van der Waals surface area contributed by atoms with Crippen LogP contribution in [0.3, 0.4) is 0 Å². The first kappa shape index (κ1) is 8.98. The van der Waals surface area contributed by atoms with Crippen molar-refractivity contribution in [1.29, 1.82) is 0 Å². The SMILES string of the molecule is C/C=N/c1cc(C)c(C)c(C)c1. The molecule has 0 aliphatic rings. The average Bonchev–Trinajstić information content (AvgIpc) is 2.01. The monoisotopic (exact) mass is 161 g/mol. The lowest BCUT2D eigenvalue weighted by molar-refractivity contribution is 1.26. The molecule has 0 amide bonds. The summed E-state index contributed by atoms with van der Waals surface area (Å²) in [6.07, 6.45) is 1.82. The van der Waals surface area contributed by atoms with Crippen molar-refractivity contribution in [1.82, 2.24) is 0 Å². The molecule has 1 rings (SSSR count). The van der Waals surface area contributed by atoms with Crippen LogP contribution in [-0.4, -0.2) is 6.21 Å². The third-order valence-corrected chi connectivity index (χ3v) is 2.19. The molecule has 0 aromatic heterocycles. The zero-order valence-corrected chi connectivity index (χ0v) is 8.18. The highest BCUT2D eigenvalue weighted by atomic mass is 14.7. The van der Waals surface area contributed by atoms with Gasteiger partial charge in [0.25, 0.3) is 0 Å². The number of benzene rings is 1. The summed E-state index contributed by atoms with van der Waals surface area (Å²) in [5.41, 5.74) is 5.05. The zero-order valence-electron chi connectivity index (χ0n) is 8.18. The number of aryl methyl sites for hydroxylation is 2. The van der Waals surface area contributed by atoms with Gasteiger partial charge < -0.3 is 0 Å². The predicted molar refractivity (Wildman–Crippen MR) is 54.5 cm³/mol. The lowest BCUT2D eigenvalue weighted by atomic mass is 10.0. The first-order valence-corrected chi connectivity index (χ1v) is 4.21. The Morgan fingerprint density at radius 1 is 1.08 bits per heavy atom. The predicted octanol–water partition coefficient (Wildman–Crippen LogP) is 3.33. The summed E-state index contributed by atoms with van der Waals surface area (Å²) in [6.45, 7) is 8.32. The fraction of sp³-hybridized carbons (Fsp3) is 0.364. The number of hydrogen-bond acceptors (Lipinski definition) is 1. The molecule has 12 heavy (non-hydrogen) atoms. The van der Waals surface area contributed by atoms with Crippen LogP contribution in [0.4, 0.5) is 5.69 Å². The second-order valence-electron chi connectivity index (χ2n) is 3.09. The molecular weight excluding hydrogens is 146 g/mol. The average molecular weight is 161 g/mol. The van der Waals surface area contributed by atoms with Crippen molar-refractivity contribution in [3.05, 3.63) is 28.8 Å². The Balaban J connectivity index is 3.21. The Kier molecular flexibility index (Phi) is 2.64. The van der Waals surface area contributed by atoms with Crippen LogP contribution in [0.15, 0.2) is 17.1 Å². The minimum Gasteiger partial charge on any atom is -0.262 e. The summed E-state index contributed by atoms with van der Waals surface area (Å²) in [7, 11) is 0. The molecule has 1 heteroatoms. The van der Waals surface area contributed by atoms with Gasteiger partial charge in [-0.15, -0.1) is 0 Å². The molecule has 0 saturated carbocycles. The normalized spacial score (nSPS) is 11.0. The van der Waals surface area contributed by atoms with E-state index in [1.54, 1.807) is 0 Å². The molecule has 64 valence electrons. The fourth-order valence-electron chi connectivity index (χ4n) is 1.24. The van der Waals surface area contributed by atoms with Gasteiger partial charge in [-0.2, -0.15) is 0 Å². The first-order chi connectivity index (χ1) is 5.65. The molecule has 0 heterocycles. The van der Waals surface area contributed by atoms with Crippen LogP contribution in [0.25, 0.3) is 0 Å². The van der Waals surface area contributed by atoms with E-state index in [1.165, 1.54) is 16.7 Å². The van der Waals surface area contributed by atoms with E-state index in [1.807, 2.05) is 13.1 Å². The van der Waals surface area contributed by atoms with Gasteiger partial charge in [-0.3, -0.25) is 4.99 Å². The topological polar surface area (TPSA) is 12.4 Å². The summed E-state index contributed by atoms with van der Waals surface area (Å²) < 4.78 is 0. The largest absolute Gasteiger partial charge is 0.262 e. The highest BCUT2D eigenvalue weighted by molar-refractivity contribution is 5.61. The summed E-state index contributed by atoms with van der Waals surface area (Å²) >= 11 is 0. The highest BCUT2D eigenvalue weighted by Gasteiger charge is 1.98. The standard InChI is InChI=1S/C11H15N/c1-5-12-11-6-8(2)10(4)9(3)7-11/h5-7H,1-4H3/b12-5+. The van der Waals surface area contributed by atoms with Crippen molar-refractivity contribution in [2.45, 2.75) is 27.7 Å². The Morgan fingerprint density at radius 3 is 2.00 bits per heavy atom. The van der Waals surface area contributed by atoms with Crippen LogP contribution in [0.2, 0.25) is 0 Å². The second kappa shape index (κ2) is 3.53. The Labute approximate surface area is 74.2 Å². The minimum absolute atomic E-state index is 1.05. The Bertz CT molecular complexity index is 288. The van der Waals surface area contributed by atoms with Crippen molar-refractivity contribution in [3.8, 4) is 0 Å². The van der Waals surface area contributed by atoms with Gasteiger partial charge in [0, 0.05) is 6.21 Å². The van der Waals surface area contributed by atoms with E-state index < -0.39 is 0 Å². The highest BCUT2D eigenvalue weighted by Crippen LogP contribution is 2.20. The molecule has 0 aliphatic carbocycles. The lowest BCUT2D eigenvalue weighted by Gasteiger charge is -2.05. The number of aliphatic imine (C=N–C) groups is 1. The second-order valence-corrected chi connectivity index (χ2v) is 3.09. The molecule has 0 bridgehead atoms. The van der Waals surface area contributed by atoms with Gasteiger partial charge in [0.05, 0.1) is 5.69 Å². The van der Waals surface area contributed by atoms with Crippen molar-refractivity contribution >= 4 is 11.9 Å². The summed E-state index contributed by atoms with van der Waals surface area (Å²) in [4.78, 5) is 4.24. The molecule has 0 N–H and O–H groups in total. The first-order valence-electron chi connectivity index (χ1n) is 4.21. The summed E-state index contributed by atoms with van der Waals surface area (Å²) in [5, 5.41) is 0. The van der Waals surface area contributed by atoms with Crippen molar-refractivity contribution < 1.29 is 0 Å². The maximum absolute atomic E-state index is 4.24. The van der Waals surface area contributed by atoms with Crippen LogP contribution >= 0.6 is 0 Å². The van der Waals surface area contributed by atoms with E-state index in [9.17, 15) is 0 Å². The summed E-state index contributed by atoms with van der Waals surface area (Å²) in [6, 6.07) is 4.23. The minimum atomic E-state index is 1.05. The third-order valence-electron chi connectivity index (χ3n) is 2.19.